The first-order chi connectivity index (χ1) is 7.69. The quantitative estimate of drug-likeness (QED) is 0.779. The van der Waals surface area contributed by atoms with E-state index in [0.29, 0.717) is 0 Å². The molecule has 1 heterocycles. The lowest BCUT2D eigenvalue weighted by Gasteiger charge is -2.23. The average molecular weight is 287 g/mol. The Hall–Kier alpha value is -1.10. The monoisotopic (exact) mass is 286 g/mol. The summed E-state index contributed by atoms with van der Waals surface area (Å²) in [6.07, 6.45) is 4.39. The fraction of sp³-hybridized carbons (Fsp3) is 0.455. The summed E-state index contributed by atoms with van der Waals surface area (Å²) >= 11 is 3.42. The van der Waals surface area contributed by atoms with Gasteiger partial charge >= 0.3 is 5.97 Å². The van der Waals surface area contributed by atoms with Crippen molar-refractivity contribution >= 4 is 27.6 Å². The highest BCUT2D eigenvalue weighted by Crippen LogP contribution is 2.24. The highest BCUT2D eigenvalue weighted by atomic mass is 79.9. The molecule has 1 rings (SSSR count). The summed E-state index contributed by atoms with van der Waals surface area (Å²) in [5.41, 5.74) is 0.960. The molecule has 16 heavy (non-hydrogen) atoms. The molecule has 0 aliphatic carbocycles. The molecule has 0 amide bonds. The summed E-state index contributed by atoms with van der Waals surface area (Å²) in [5, 5.41) is 0. The number of ether oxygens (including phenoxy) is 1. The Kier molecular flexibility index (Phi) is 5.25. The van der Waals surface area contributed by atoms with Crippen molar-refractivity contribution in [3.05, 3.63) is 22.9 Å². The first-order valence-electron chi connectivity index (χ1n) is 5.10. The maximum absolute atomic E-state index is 11.3. The normalized spacial score (nSPS) is 9.94. The largest absolute Gasteiger partial charge is 0.468 e. The van der Waals surface area contributed by atoms with E-state index in [-0.39, 0.29) is 12.5 Å². The van der Waals surface area contributed by atoms with E-state index in [9.17, 15) is 4.79 Å². The third-order valence-electron chi connectivity index (χ3n) is 2.13. The van der Waals surface area contributed by atoms with Crippen LogP contribution < -0.4 is 4.90 Å². The molecule has 4 nitrogen and oxygen atoms in total. The molecule has 0 fully saturated rings. The van der Waals surface area contributed by atoms with Crippen LogP contribution in [0.2, 0.25) is 0 Å². The van der Waals surface area contributed by atoms with Crippen molar-refractivity contribution in [1.29, 1.82) is 0 Å². The van der Waals surface area contributed by atoms with E-state index in [2.05, 4.69) is 32.6 Å². The van der Waals surface area contributed by atoms with Gasteiger partial charge < -0.3 is 9.64 Å². The molecule has 0 N–H and O–H groups in total. The molecule has 0 atom stereocenters. The van der Waals surface area contributed by atoms with Crippen LogP contribution in [0, 0.1) is 0 Å². The predicted octanol–water partition coefficient (Wildman–Crippen LogP) is 2.23. The highest BCUT2D eigenvalue weighted by molar-refractivity contribution is 9.10. The zero-order valence-electron chi connectivity index (χ0n) is 9.44. The van der Waals surface area contributed by atoms with Crippen LogP contribution in [0.5, 0.6) is 0 Å². The van der Waals surface area contributed by atoms with Gasteiger partial charge in [-0.05, 0) is 28.4 Å². The zero-order chi connectivity index (χ0) is 12.0. The minimum atomic E-state index is -0.239. The summed E-state index contributed by atoms with van der Waals surface area (Å²) in [6.45, 7) is 3.13. The van der Waals surface area contributed by atoms with Gasteiger partial charge in [0.15, 0.2) is 0 Å². The van der Waals surface area contributed by atoms with Gasteiger partial charge in [0, 0.05) is 18.9 Å². The molecular weight excluding hydrogens is 272 g/mol. The van der Waals surface area contributed by atoms with Gasteiger partial charge in [-0.25, -0.2) is 0 Å². The number of carbonyl (C=O) groups is 1. The Labute approximate surface area is 104 Å². The van der Waals surface area contributed by atoms with Crippen LogP contribution >= 0.6 is 15.9 Å². The Morgan fingerprint density at radius 2 is 2.38 bits per heavy atom. The fourth-order valence-electron chi connectivity index (χ4n) is 1.40. The molecule has 0 spiro atoms. The Balaban J connectivity index is 2.85. The molecule has 1 aromatic heterocycles. The average Bonchev–Trinajstić information content (AvgIpc) is 2.29. The minimum absolute atomic E-state index is 0.239. The maximum atomic E-state index is 11.3. The van der Waals surface area contributed by atoms with Crippen LogP contribution in [0.4, 0.5) is 5.69 Å². The van der Waals surface area contributed by atoms with Crippen molar-refractivity contribution in [3.8, 4) is 0 Å². The lowest BCUT2D eigenvalue weighted by Crippen LogP contribution is -2.31. The van der Waals surface area contributed by atoms with E-state index < -0.39 is 0 Å². The molecule has 0 unspecified atom stereocenters. The molecular formula is C11H15BrN2O2. The number of nitrogens with zero attached hydrogens (tertiary/aromatic N) is 2. The number of pyridine rings is 1. The van der Waals surface area contributed by atoms with Crippen molar-refractivity contribution in [2.75, 3.05) is 25.1 Å². The van der Waals surface area contributed by atoms with Crippen LogP contribution in [0.25, 0.3) is 0 Å². The number of anilines is 1. The molecule has 0 aromatic carbocycles. The van der Waals surface area contributed by atoms with Gasteiger partial charge in [0.2, 0.25) is 0 Å². The third kappa shape index (κ3) is 3.48. The van der Waals surface area contributed by atoms with Gasteiger partial charge in [-0.2, -0.15) is 0 Å². The number of hydrogen-bond acceptors (Lipinski definition) is 4. The number of methoxy groups -OCH3 is 1. The van der Waals surface area contributed by atoms with Gasteiger partial charge in [-0.3, -0.25) is 9.78 Å². The lowest BCUT2D eigenvalue weighted by atomic mass is 10.3. The summed E-state index contributed by atoms with van der Waals surface area (Å²) in [5.74, 6) is -0.239. The second kappa shape index (κ2) is 6.48. The second-order valence-electron chi connectivity index (χ2n) is 3.32. The van der Waals surface area contributed by atoms with Gasteiger partial charge in [0.1, 0.15) is 6.54 Å². The van der Waals surface area contributed by atoms with E-state index in [0.717, 1.165) is 23.1 Å². The lowest BCUT2D eigenvalue weighted by molar-refractivity contribution is -0.138. The van der Waals surface area contributed by atoms with E-state index >= 15 is 0 Å². The zero-order valence-corrected chi connectivity index (χ0v) is 11.0. The van der Waals surface area contributed by atoms with Crippen LogP contribution in [0.1, 0.15) is 13.3 Å². The molecule has 0 bridgehead atoms. The van der Waals surface area contributed by atoms with Gasteiger partial charge in [0.25, 0.3) is 0 Å². The maximum Gasteiger partial charge on any atom is 0.325 e. The van der Waals surface area contributed by atoms with Crippen LogP contribution in [-0.2, 0) is 9.53 Å². The van der Waals surface area contributed by atoms with Crippen LogP contribution in [0.3, 0.4) is 0 Å². The Morgan fingerprint density at radius 1 is 1.62 bits per heavy atom. The number of esters is 1. The fourth-order valence-corrected chi connectivity index (χ4v) is 1.90. The standard InChI is InChI=1S/C11H15BrN2O2/c1-3-6-14(8-11(15)16-2)10-4-5-13-7-9(10)12/h4-5,7H,3,6,8H2,1-2H3. The van der Waals surface area contributed by atoms with Gasteiger partial charge in [-0.1, -0.05) is 6.92 Å². The number of rotatable bonds is 5. The van der Waals surface area contributed by atoms with Crippen molar-refractivity contribution in [1.82, 2.24) is 4.98 Å². The molecule has 0 saturated heterocycles. The van der Waals surface area contributed by atoms with Crippen molar-refractivity contribution < 1.29 is 9.53 Å². The number of halogens is 1. The molecule has 88 valence electrons. The summed E-state index contributed by atoms with van der Waals surface area (Å²) < 4.78 is 5.56. The second-order valence-corrected chi connectivity index (χ2v) is 4.18. The number of hydrogen-bond donors (Lipinski definition) is 0. The molecule has 0 aliphatic rings. The summed E-state index contributed by atoms with van der Waals surface area (Å²) in [6, 6.07) is 1.88. The SMILES string of the molecule is CCCN(CC(=O)OC)c1ccncc1Br. The smallest absolute Gasteiger partial charge is 0.325 e. The number of carbonyl (C=O) groups excluding carboxylic acids is 1. The molecule has 1 aromatic rings. The molecule has 0 saturated carbocycles. The van der Waals surface area contributed by atoms with Crippen LogP contribution in [0.15, 0.2) is 22.9 Å². The summed E-state index contributed by atoms with van der Waals surface area (Å²) in [4.78, 5) is 17.3. The Morgan fingerprint density at radius 3 is 2.94 bits per heavy atom. The first-order valence-corrected chi connectivity index (χ1v) is 5.89. The summed E-state index contributed by atoms with van der Waals surface area (Å²) in [7, 11) is 1.40. The van der Waals surface area contributed by atoms with E-state index in [4.69, 9.17) is 0 Å². The van der Waals surface area contributed by atoms with Crippen molar-refractivity contribution in [2.45, 2.75) is 13.3 Å². The minimum Gasteiger partial charge on any atom is -0.468 e. The van der Waals surface area contributed by atoms with Crippen molar-refractivity contribution in [3.63, 3.8) is 0 Å². The van der Waals surface area contributed by atoms with Gasteiger partial charge in [0.05, 0.1) is 17.3 Å². The first kappa shape index (κ1) is 13.0. The van der Waals surface area contributed by atoms with Crippen LogP contribution in [-0.4, -0.2) is 31.2 Å². The Bertz CT molecular complexity index is 358. The number of aromatic nitrogens is 1. The van der Waals surface area contributed by atoms with E-state index in [1.807, 2.05) is 11.0 Å². The van der Waals surface area contributed by atoms with Gasteiger partial charge in [-0.15, -0.1) is 0 Å². The van der Waals surface area contributed by atoms with Crippen molar-refractivity contribution in [2.24, 2.45) is 0 Å². The molecule has 0 radical (unpaired) electrons. The van der Waals surface area contributed by atoms with E-state index in [1.165, 1.54) is 7.11 Å². The molecule has 0 aliphatic heterocycles. The highest BCUT2D eigenvalue weighted by Gasteiger charge is 2.13. The van der Waals surface area contributed by atoms with E-state index in [1.54, 1.807) is 12.4 Å². The topological polar surface area (TPSA) is 42.4 Å². The third-order valence-corrected chi connectivity index (χ3v) is 2.74. The molecule has 5 heteroatoms. The predicted molar refractivity (Wildman–Crippen MR) is 66.5 cm³/mol.